The molecule has 2 aromatic heterocycles. The van der Waals surface area contributed by atoms with Crippen LogP contribution in [0.5, 0.6) is 0 Å². The molecule has 6 nitrogen and oxygen atoms in total. The SMILES string of the molecule is NS(=O)(=O)c1cnn(-c2nccs2)c1. The van der Waals surface area contributed by atoms with Gasteiger partial charge >= 0.3 is 0 Å². The lowest BCUT2D eigenvalue weighted by Gasteiger charge is -1.91. The van der Waals surface area contributed by atoms with Crippen molar-refractivity contribution in [3.63, 3.8) is 0 Å². The third kappa shape index (κ3) is 1.67. The fourth-order valence-electron chi connectivity index (χ4n) is 0.887. The van der Waals surface area contributed by atoms with Gasteiger partial charge in [-0.05, 0) is 0 Å². The largest absolute Gasteiger partial charge is 0.241 e. The Hall–Kier alpha value is -1.25. The standard InChI is InChI=1S/C6H6N4O2S2/c7-14(11,12)5-3-9-10(4-5)6-8-1-2-13-6/h1-4H,(H2,7,11,12). The fraction of sp³-hybridized carbons (Fsp3) is 0. The van der Waals surface area contributed by atoms with Gasteiger partial charge in [0.15, 0.2) is 0 Å². The fourth-order valence-corrected chi connectivity index (χ4v) is 1.90. The van der Waals surface area contributed by atoms with Crippen LogP contribution in [0.4, 0.5) is 0 Å². The summed E-state index contributed by atoms with van der Waals surface area (Å²) in [5.74, 6) is 0. The number of aromatic nitrogens is 3. The van der Waals surface area contributed by atoms with Crippen molar-refractivity contribution >= 4 is 21.4 Å². The van der Waals surface area contributed by atoms with Crippen molar-refractivity contribution < 1.29 is 8.42 Å². The Morgan fingerprint density at radius 2 is 2.29 bits per heavy atom. The summed E-state index contributed by atoms with van der Waals surface area (Å²) in [5, 5.41) is 11.1. The summed E-state index contributed by atoms with van der Waals surface area (Å²) in [6.45, 7) is 0. The molecule has 2 heterocycles. The van der Waals surface area contributed by atoms with Crippen molar-refractivity contribution in [3.05, 3.63) is 24.0 Å². The Bertz CT molecular complexity index is 528. The van der Waals surface area contributed by atoms with Crippen LogP contribution in [0.15, 0.2) is 28.9 Å². The molecule has 0 aliphatic heterocycles. The molecular formula is C6H6N4O2S2. The maximum Gasteiger partial charge on any atom is 0.241 e. The lowest BCUT2D eigenvalue weighted by molar-refractivity contribution is 0.598. The van der Waals surface area contributed by atoms with E-state index in [0.717, 1.165) is 0 Å². The molecule has 0 fully saturated rings. The highest BCUT2D eigenvalue weighted by Gasteiger charge is 2.11. The van der Waals surface area contributed by atoms with Gasteiger partial charge < -0.3 is 0 Å². The number of hydrogen-bond acceptors (Lipinski definition) is 5. The van der Waals surface area contributed by atoms with Crippen molar-refractivity contribution in [2.24, 2.45) is 5.14 Å². The van der Waals surface area contributed by atoms with Gasteiger partial charge in [0, 0.05) is 11.6 Å². The average molecular weight is 230 g/mol. The highest BCUT2D eigenvalue weighted by Crippen LogP contribution is 2.12. The average Bonchev–Trinajstić information content (AvgIpc) is 2.73. The minimum atomic E-state index is -3.68. The maximum absolute atomic E-state index is 10.9. The van der Waals surface area contributed by atoms with E-state index in [-0.39, 0.29) is 4.90 Å². The van der Waals surface area contributed by atoms with E-state index in [4.69, 9.17) is 5.14 Å². The van der Waals surface area contributed by atoms with Crippen LogP contribution < -0.4 is 5.14 Å². The first-order valence-corrected chi connectivity index (χ1v) is 5.97. The number of primary sulfonamides is 1. The van der Waals surface area contributed by atoms with Gasteiger partial charge in [-0.1, -0.05) is 0 Å². The first kappa shape index (κ1) is 9.31. The molecule has 0 aliphatic rings. The van der Waals surface area contributed by atoms with Crippen molar-refractivity contribution in [1.82, 2.24) is 14.8 Å². The second kappa shape index (κ2) is 3.15. The monoisotopic (exact) mass is 230 g/mol. The van der Waals surface area contributed by atoms with Gasteiger partial charge in [0.1, 0.15) is 4.90 Å². The highest BCUT2D eigenvalue weighted by atomic mass is 32.2. The van der Waals surface area contributed by atoms with Crippen LogP contribution in [0.2, 0.25) is 0 Å². The lowest BCUT2D eigenvalue weighted by Crippen LogP contribution is -2.11. The Morgan fingerprint density at radius 3 is 2.79 bits per heavy atom. The van der Waals surface area contributed by atoms with E-state index in [1.165, 1.54) is 28.4 Å². The molecule has 0 amide bonds. The molecular weight excluding hydrogens is 224 g/mol. The third-order valence-electron chi connectivity index (χ3n) is 1.50. The second-order valence-electron chi connectivity index (χ2n) is 2.48. The Morgan fingerprint density at radius 1 is 1.50 bits per heavy atom. The summed E-state index contributed by atoms with van der Waals surface area (Å²) >= 11 is 1.35. The molecule has 8 heteroatoms. The predicted octanol–water partition coefficient (Wildman–Crippen LogP) is -0.0238. The van der Waals surface area contributed by atoms with Crippen molar-refractivity contribution in [3.8, 4) is 5.13 Å². The molecule has 0 aromatic carbocycles. The van der Waals surface area contributed by atoms with Gasteiger partial charge in [0.2, 0.25) is 15.2 Å². The Kier molecular flexibility index (Phi) is 2.10. The first-order valence-electron chi connectivity index (χ1n) is 3.55. The van der Waals surface area contributed by atoms with Crippen LogP contribution in [0, 0.1) is 0 Å². The number of nitrogens with zero attached hydrogens (tertiary/aromatic N) is 3. The van der Waals surface area contributed by atoms with E-state index in [0.29, 0.717) is 5.13 Å². The number of rotatable bonds is 2. The van der Waals surface area contributed by atoms with E-state index in [2.05, 4.69) is 10.1 Å². The van der Waals surface area contributed by atoms with Crippen LogP contribution in [0.25, 0.3) is 5.13 Å². The molecule has 0 aliphatic carbocycles. The zero-order valence-corrected chi connectivity index (χ0v) is 8.49. The van der Waals surface area contributed by atoms with Crippen LogP contribution in [0.1, 0.15) is 0 Å². The molecule has 2 aromatic rings. The summed E-state index contributed by atoms with van der Waals surface area (Å²) in [6, 6.07) is 0. The van der Waals surface area contributed by atoms with Gasteiger partial charge in [-0.3, -0.25) is 0 Å². The number of nitrogens with two attached hydrogens (primary N) is 1. The van der Waals surface area contributed by atoms with Crippen molar-refractivity contribution in [1.29, 1.82) is 0 Å². The Labute approximate surface area is 84.1 Å². The quantitative estimate of drug-likeness (QED) is 0.784. The molecule has 0 saturated carbocycles. The number of sulfonamides is 1. The summed E-state index contributed by atoms with van der Waals surface area (Å²) in [4.78, 5) is 3.94. The zero-order valence-electron chi connectivity index (χ0n) is 6.86. The predicted molar refractivity (Wildman–Crippen MR) is 50.6 cm³/mol. The van der Waals surface area contributed by atoms with Gasteiger partial charge in [-0.15, -0.1) is 11.3 Å². The number of hydrogen-bond donors (Lipinski definition) is 1. The molecule has 0 unspecified atom stereocenters. The van der Waals surface area contributed by atoms with Crippen LogP contribution in [0.3, 0.4) is 0 Å². The first-order chi connectivity index (χ1) is 6.57. The second-order valence-corrected chi connectivity index (χ2v) is 4.91. The normalized spacial score (nSPS) is 11.8. The van der Waals surface area contributed by atoms with Crippen molar-refractivity contribution in [2.75, 3.05) is 0 Å². The van der Waals surface area contributed by atoms with Gasteiger partial charge in [0.05, 0.1) is 12.4 Å². The van der Waals surface area contributed by atoms with E-state index < -0.39 is 10.0 Å². The summed E-state index contributed by atoms with van der Waals surface area (Å²) in [7, 11) is -3.68. The van der Waals surface area contributed by atoms with Crippen LogP contribution in [-0.2, 0) is 10.0 Å². The molecule has 0 spiro atoms. The minimum Gasteiger partial charge on any atom is -0.227 e. The molecule has 0 saturated heterocycles. The topological polar surface area (TPSA) is 90.9 Å². The molecule has 0 radical (unpaired) electrons. The van der Waals surface area contributed by atoms with Gasteiger partial charge in [-0.25, -0.2) is 23.2 Å². The maximum atomic E-state index is 10.9. The summed E-state index contributed by atoms with van der Waals surface area (Å²) in [6.07, 6.45) is 4.13. The van der Waals surface area contributed by atoms with Crippen LogP contribution in [-0.4, -0.2) is 23.2 Å². The van der Waals surface area contributed by atoms with Crippen molar-refractivity contribution in [2.45, 2.75) is 4.90 Å². The minimum absolute atomic E-state index is 0.0206. The third-order valence-corrected chi connectivity index (χ3v) is 3.13. The lowest BCUT2D eigenvalue weighted by atomic mass is 10.7. The van der Waals surface area contributed by atoms with E-state index >= 15 is 0 Å². The highest BCUT2D eigenvalue weighted by molar-refractivity contribution is 7.89. The Balaban J connectivity index is 2.46. The van der Waals surface area contributed by atoms with E-state index in [1.807, 2.05) is 0 Å². The smallest absolute Gasteiger partial charge is 0.227 e. The molecule has 2 N–H and O–H groups in total. The number of thiazole rings is 1. The van der Waals surface area contributed by atoms with E-state index in [9.17, 15) is 8.42 Å². The van der Waals surface area contributed by atoms with Gasteiger partial charge in [-0.2, -0.15) is 5.10 Å². The summed E-state index contributed by atoms with van der Waals surface area (Å²) < 4.78 is 23.2. The summed E-state index contributed by atoms with van der Waals surface area (Å²) in [5.41, 5.74) is 0. The molecule has 0 bridgehead atoms. The van der Waals surface area contributed by atoms with Gasteiger partial charge in [0.25, 0.3) is 0 Å². The molecule has 14 heavy (non-hydrogen) atoms. The van der Waals surface area contributed by atoms with E-state index in [1.54, 1.807) is 11.6 Å². The molecule has 2 rings (SSSR count). The zero-order chi connectivity index (χ0) is 10.2. The molecule has 74 valence electrons. The van der Waals surface area contributed by atoms with Crippen LogP contribution >= 0.6 is 11.3 Å². The molecule has 0 atom stereocenters.